The van der Waals surface area contributed by atoms with Crippen LogP contribution >= 0.6 is 23.1 Å². The van der Waals surface area contributed by atoms with Crippen molar-refractivity contribution in [3.8, 4) is 22.2 Å². The maximum absolute atomic E-state index is 5.85. The number of thiophene rings is 1. The molecule has 0 N–H and O–H groups in total. The van der Waals surface area contributed by atoms with Crippen molar-refractivity contribution >= 4 is 23.1 Å². The minimum atomic E-state index is 0.486. The van der Waals surface area contributed by atoms with Crippen molar-refractivity contribution in [2.45, 2.75) is 37.2 Å². The summed E-state index contributed by atoms with van der Waals surface area (Å²) >= 11 is 3.17. The molecule has 0 unspecified atom stereocenters. The third-order valence-corrected chi connectivity index (χ3v) is 6.78. The molecule has 0 amide bonds. The molecule has 0 saturated carbocycles. The van der Waals surface area contributed by atoms with Crippen LogP contribution in [0.15, 0.2) is 50.5 Å². The van der Waals surface area contributed by atoms with Crippen LogP contribution in [-0.4, -0.2) is 20.4 Å². The van der Waals surface area contributed by atoms with E-state index >= 15 is 0 Å². The third kappa shape index (κ3) is 3.62. The lowest BCUT2D eigenvalue weighted by Gasteiger charge is -2.16. The zero-order valence-corrected chi connectivity index (χ0v) is 16.9. The second kappa shape index (κ2) is 7.52. The number of nitrogens with zero attached hydrogens (tertiary/aromatic N) is 4. The number of aromatic nitrogens is 4. The predicted octanol–water partition coefficient (Wildman–Crippen LogP) is 5.27. The molecule has 0 radical (unpaired) electrons. The van der Waals surface area contributed by atoms with E-state index < -0.39 is 0 Å². The Morgan fingerprint density at radius 3 is 2.82 bits per heavy atom. The van der Waals surface area contributed by atoms with Crippen LogP contribution < -0.4 is 0 Å². The van der Waals surface area contributed by atoms with Gasteiger partial charge in [-0.2, -0.15) is 0 Å². The average molecular weight is 411 g/mol. The molecule has 0 fully saturated rings. The minimum absolute atomic E-state index is 0.486. The summed E-state index contributed by atoms with van der Waals surface area (Å²) in [5.74, 6) is 2.87. The Morgan fingerprint density at radius 2 is 1.93 bits per heavy atom. The monoisotopic (exact) mass is 410 g/mol. The fourth-order valence-corrected chi connectivity index (χ4v) is 5.04. The predicted molar refractivity (Wildman–Crippen MR) is 108 cm³/mol. The first kappa shape index (κ1) is 17.6. The van der Waals surface area contributed by atoms with E-state index in [4.69, 9.17) is 8.83 Å². The smallest absolute Gasteiger partial charge is 0.277 e. The van der Waals surface area contributed by atoms with Crippen molar-refractivity contribution in [1.82, 2.24) is 20.4 Å². The average Bonchev–Trinajstić information content (AvgIpc) is 3.45. The Bertz CT molecular complexity index is 1090. The summed E-state index contributed by atoms with van der Waals surface area (Å²) in [5.41, 5.74) is 2.34. The van der Waals surface area contributed by atoms with Gasteiger partial charge < -0.3 is 8.83 Å². The van der Waals surface area contributed by atoms with Crippen molar-refractivity contribution < 1.29 is 8.83 Å². The zero-order chi connectivity index (χ0) is 18.9. The topological polar surface area (TPSA) is 77.8 Å². The molecule has 8 heteroatoms. The van der Waals surface area contributed by atoms with Crippen LogP contribution in [0.25, 0.3) is 22.2 Å². The molecule has 1 aromatic carbocycles. The van der Waals surface area contributed by atoms with Gasteiger partial charge in [0.15, 0.2) is 0 Å². The van der Waals surface area contributed by atoms with Gasteiger partial charge in [-0.3, -0.25) is 0 Å². The molecule has 4 aromatic rings. The minimum Gasteiger partial charge on any atom is -0.420 e. The summed E-state index contributed by atoms with van der Waals surface area (Å²) in [6, 6.07) is 11.9. The highest BCUT2D eigenvalue weighted by Gasteiger charge is 2.21. The Kier molecular flexibility index (Phi) is 4.74. The first-order valence-corrected chi connectivity index (χ1v) is 11.0. The van der Waals surface area contributed by atoms with Crippen LogP contribution in [0.5, 0.6) is 0 Å². The van der Waals surface area contributed by atoms with Crippen molar-refractivity contribution in [3.63, 3.8) is 0 Å². The molecule has 142 valence electrons. The molecule has 6 nitrogen and oxygen atoms in total. The van der Waals surface area contributed by atoms with E-state index in [1.807, 2.05) is 30.3 Å². The van der Waals surface area contributed by atoms with Crippen LogP contribution in [0.1, 0.15) is 29.7 Å². The lowest BCUT2D eigenvalue weighted by Crippen LogP contribution is -2.07. The molecular weight excluding hydrogens is 392 g/mol. The number of benzene rings is 1. The second-order valence-corrected chi connectivity index (χ2v) is 9.00. The van der Waals surface area contributed by atoms with Crippen LogP contribution in [0, 0.1) is 5.92 Å². The molecule has 0 bridgehead atoms. The van der Waals surface area contributed by atoms with Gasteiger partial charge in [-0.15, -0.1) is 31.7 Å². The molecule has 0 spiro atoms. The van der Waals surface area contributed by atoms with E-state index in [2.05, 4.69) is 33.4 Å². The van der Waals surface area contributed by atoms with E-state index in [1.165, 1.54) is 28.6 Å². The first-order valence-electron chi connectivity index (χ1n) is 9.20. The molecule has 3 aromatic heterocycles. The van der Waals surface area contributed by atoms with Gasteiger partial charge in [-0.05, 0) is 48.9 Å². The highest BCUT2D eigenvalue weighted by molar-refractivity contribution is 7.98. The molecular formula is C20H18N4O2S2. The molecule has 1 atom stereocenters. The number of thioether (sulfide) groups is 1. The summed E-state index contributed by atoms with van der Waals surface area (Å²) in [4.78, 5) is 2.52. The third-order valence-electron chi connectivity index (χ3n) is 4.75. The maximum atomic E-state index is 5.85. The Morgan fingerprint density at radius 1 is 1.07 bits per heavy atom. The number of hydrogen-bond acceptors (Lipinski definition) is 8. The summed E-state index contributed by atoms with van der Waals surface area (Å²) < 4.78 is 11.6. The fraction of sp³-hybridized carbons (Fsp3) is 0.300. The standard InChI is InChI=1S/C20H18N4O2S2/c1-12-7-8-15-14(9-12)10-16(28-15)19-23-24-20(26-19)27-11-17-21-22-18(25-17)13-5-3-2-4-6-13/h2-6,10,12H,7-9,11H2,1H3/t12-/m0/s1. The van der Waals surface area contributed by atoms with E-state index in [1.54, 1.807) is 11.3 Å². The summed E-state index contributed by atoms with van der Waals surface area (Å²) in [7, 11) is 0. The first-order chi connectivity index (χ1) is 13.7. The van der Waals surface area contributed by atoms with Gasteiger partial charge in [0.1, 0.15) is 0 Å². The summed E-state index contributed by atoms with van der Waals surface area (Å²) in [5, 5.41) is 17.1. The van der Waals surface area contributed by atoms with Gasteiger partial charge in [0, 0.05) is 10.4 Å². The van der Waals surface area contributed by atoms with Crippen molar-refractivity contribution in [2.75, 3.05) is 0 Å². The van der Waals surface area contributed by atoms with E-state index in [0.717, 1.165) is 29.2 Å². The maximum Gasteiger partial charge on any atom is 0.277 e. The van der Waals surface area contributed by atoms with Crippen LogP contribution in [0.4, 0.5) is 0 Å². The highest BCUT2D eigenvalue weighted by atomic mass is 32.2. The van der Waals surface area contributed by atoms with Gasteiger partial charge in [-0.1, -0.05) is 36.9 Å². The largest absolute Gasteiger partial charge is 0.420 e. The molecule has 1 aliphatic rings. The molecule has 0 saturated heterocycles. The normalized spacial score (nSPS) is 16.2. The van der Waals surface area contributed by atoms with Gasteiger partial charge in [0.25, 0.3) is 11.1 Å². The molecule has 5 rings (SSSR count). The summed E-state index contributed by atoms with van der Waals surface area (Å²) in [6.07, 6.45) is 3.55. The Balaban J connectivity index is 1.26. The van der Waals surface area contributed by atoms with Crippen LogP contribution in [-0.2, 0) is 18.6 Å². The Hall–Kier alpha value is -2.45. The van der Waals surface area contributed by atoms with Gasteiger partial charge in [-0.25, -0.2) is 0 Å². The summed E-state index contributed by atoms with van der Waals surface area (Å²) in [6.45, 7) is 2.31. The lowest BCUT2D eigenvalue weighted by molar-refractivity contribution is 0.465. The Labute approximate surface area is 170 Å². The van der Waals surface area contributed by atoms with Gasteiger partial charge >= 0.3 is 0 Å². The second-order valence-electron chi connectivity index (χ2n) is 6.94. The lowest BCUT2D eigenvalue weighted by atomic mass is 9.90. The van der Waals surface area contributed by atoms with E-state index in [9.17, 15) is 0 Å². The number of fused-ring (bicyclic) bond motifs is 1. The number of rotatable bonds is 5. The van der Waals surface area contributed by atoms with E-state index in [0.29, 0.717) is 28.6 Å². The van der Waals surface area contributed by atoms with Gasteiger partial charge in [0.2, 0.25) is 11.8 Å². The molecule has 3 heterocycles. The van der Waals surface area contributed by atoms with Crippen LogP contribution in [0.2, 0.25) is 0 Å². The number of hydrogen-bond donors (Lipinski definition) is 0. The van der Waals surface area contributed by atoms with Gasteiger partial charge in [0.05, 0.1) is 10.6 Å². The molecule has 1 aliphatic carbocycles. The quantitative estimate of drug-likeness (QED) is 0.415. The molecule has 0 aliphatic heterocycles. The highest BCUT2D eigenvalue weighted by Crippen LogP contribution is 2.37. The van der Waals surface area contributed by atoms with Crippen molar-refractivity contribution in [2.24, 2.45) is 5.92 Å². The molecule has 28 heavy (non-hydrogen) atoms. The SMILES string of the molecule is C[C@H]1CCc2sc(-c3nnc(SCc4nnc(-c5ccccc5)o4)o3)cc2C1. The van der Waals surface area contributed by atoms with Crippen LogP contribution in [0.3, 0.4) is 0 Å². The number of aryl methyl sites for hydroxylation is 1. The fourth-order valence-electron chi connectivity index (χ4n) is 3.31. The van der Waals surface area contributed by atoms with Crippen molar-refractivity contribution in [1.29, 1.82) is 0 Å². The zero-order valence-electron chi connectivity index (χ0n) is 15.3. The van der Waals surface area contributed by atoms with E-state index in [-0.39, 0.29) is 0 Å². The van der Waals surface area contributed by atoms with Crippen molar-refractivity contribution in [3.05, 3.63) is 52.7 Å².